The first-order chi connectivity index (χ1) is 9.08. The molecule has 0 N–H and O–H groups in total. The van der Waals surface area contributed by atoms with Gasteiger partial charge in [0.05, 0.1) is 7.05 Å². The van der Waals surface area contributed by atoms with Crippen molar-refractivity contribution in [1.82, 2.24) is 4.57 Å². The van der Waals surface area contributed by atoms with Crippen molar-refractivity contribution in [3.05, 3.63) is 18.7 Å². The third-order valence-corrected chi connectivity index (χ3v) is 1.83. The molecule has 1 aromatic rings. The number of hydrogen-bond donors (Lipinski definition) is 0. The van der Waals surface area contributed by atoms with Crippen molar-refractivity contribution in [3.8, 4) is 0 Å². The van der Waals surface area contributed by atoms with Crippen molar-refractivity contribution in [2.75, 3.05) is 6.61 Å². The molecule has 0 fully saturated rings. The van der Waals surface area contributed by atoms with E-state index in [2.05, 4.69) is 0 Å². The van der Waals surface area contributed by atoms with Crippen LogP contribution in [-0.4, -0.2) is 30.2 Å². The van der Waals surface area contributed by atoms with E-state index in [1.165, 1.54) is 6.92 Å². The lowest BCUT2D eigenvalue weighted by atomic mass is 10.3. The van der Waals surface area contributed by atoms with Crippen LogP contribution in [0.25, 0.3) is 0 Å². The van der Waals surface area contributed by atoms with Gasteiger partial charge in [-0.3, -0.25) is 9.59 Å². The summed E-state index contributed by atoms with van der Waals surface area (Å²) in [5.74, 6) is -0.633. The van der Waals surface area contributed by atoms with Crippen LogP contribution < -0.4 is 4.57 Å². The summed E-state index contributed by atoms with van der Waals surface area (Å²) in [5, 5.41) is 0. The van der Waals surface area contributed by atoms with E-state index in [4.69, 9.17) is 4.74 Å². The van der Waals surface area contributed by atoms with Crippen LogP contribution in [0.15, 0.2) is 18.7 Å². The highest BCUT2D eigenvalue weighted by molar-refractivity contribution is 6.50. The van der Waals surface area contributed by atoms with E-state index in [1.807, 2.05) is 34.9 Å². The average molecular weight is 298 g/mol. The number of imidazole rings is 1. The number of aromatic nitrogens is 2. The van der Waals surface area contributed by atoms with E-state index in [0.29, 0.717) is 13.2 Å². The maximum Gasteiger partial charge on any atom is 0.673 e. The molecule has 0 saturated heterocycles. The molecule has 1 rings (SSSR count). The molecule has 0 unspecified atom stereocenters. The number of carbonyl (C=O) groups is 2. The maximum absolute atomic E-state index is 11.0. The minimum atomic E-state index is -6.00. The largest absolute Gasteiger partial charge is 0.673 e. The summed E-state index contributed by atoms with van der Waals surface area (Å²) in [5.41, 5.74) is 0. The summed E-state index contributed by atoms with van der Waals surface area (Å²) >= 11 is 0. The molecular weight excluding hydrogens is 283 g/mol. The van der Waals surface area contributed by atoms with E-state index >= 15 is 0 Å². The molecule has 0 aliphatic carbocycles. The zero-order chi connectivity index (χ0) is 15.8. The highest BCUT2D eigenvalue weighted by atomic mass is 19.5. The lowest BCUT2D eigenvalue weighted by Crippen LogP contribution is -2.24. The number of ketones is 1. The highest BCUT2D eigenvalue weighted by Crippen LogP contribution is 2.06. The molecule has 0 aromatic carbocycles. The quantitative estimate of drug-likeness (QED) is 0.269. The Bertz CT molecular complexity index is 442. The van der Waals surface area contributed by atoms with Gasteiger partial charge in [-0.2, -0.15) is 0 Å². The molecule has 20 heavy (non-hydrogen) atoms. The fraction of sp³-hybridized carbons (Fsp3) is 0.500. The number of hydrogen-bond acceptors (Lipinski definition) is 3. The molecule has 1 heterocycles. The van der Waals surface area contributed by atoms with Gasteiger partial charge in [-0.1, -0.05) is 0 Å². The van der Waals surface area contributed by atoms with Gasteiger partial charge in [0.15, 0.2) is 0 Å². The fourth-order valence-electron chi connectivity index (χ4n) is 1.15. The van der Waals surface area contributed by atoms with E-state index in [-0.39, 0.29) is 12.2 Å². The Morgan fingerprint density at radius 3 is 2.25 bits per heavy atom. The van der Waals surface area contributed by atoms with Gasteiger partial charge < -0.3 is 22.0 Å². The van der Waals surface area contributed by atoms with E-state index < -0.39 is 13.2 Å². The Kier molecular flexibility index (Phi) is 7.56. The summed E-state index contributed by atoms with van der Waals surface area (Å²) < 4.78 is 47.7. The number of aryl methyl sites for hydroxylation is 1. The number of rotatable bonds is 5. The zero-order valence-corrected chi connectivity index (χ0v) is 11.1. The zero-order valence-electron chi connectivity index (χ0n) is 11.1. The van der Waals surface area contributed by atoms with E-state index in [0.717, 1.165) is 0 Å². The third-order valence-electron chi connectivity index (χ3n) is 1.83. The SMILES string of the molecule is CC(=O)CC(=O)OCCn1cc[n+](C)c1.F[B-](F)(F)F. The van der Waals surface area contributed by atoms with Crippen molar-refractivity contribution in [3.63, 3.8) is 0 Å². The standard InChI is InChI=1S/C10H15N2O3.BF4/c1-9(13)7-10(14)15-6-5-12-4-3-11(2)8-12;2-1(3,4)5/h3-4,8H,5-7H2,1-2H3;/q+1;-1. The van der Waals surface area contributed by atoms with Crippen molar-refractivity contribution in [2.24, 2.45) is 7.05 Å². The van der Waals surface area contributed by atoms with Crippen molar-refractivity contribution in [2.45, 2.75) is 19.9 Å². The third kappa shape index (κ3) is 12.6. The van der Waals surface area contributed by atoms with Crippen molar-refractivity contribution in [1.29, 1.82) is 0 Å². The second-order valence-electron chi connectivity index (χ2n) is 3.91. The van der Waals surface area contributed by atoms with E-state index in [9.17, 15) is 26.9 Å². The van der Waals surface area contributed by atoms with E-state index in [1.54, 1.807) is 0 Å². The molecule has 0 aliphatic heterocycles. The van der Waals surface area contributed by atoms with Gasteiger partial charge in [-0.25, -0.2) is 9.13 Å². The molecule has 0 atom stereocenters. The van der Waals surface area contributed by atoms with Gasteiger partial charge in [0.25, 0.3) is 0 Å². The predicted molar refractivity (Wildman–Crippen MR) is 62.1 cm³/mol. The second-order valence-corrected chi connectivity index (χ2v) is 3.91. The smallest absolute Gasteiger partial charge is 0.461 e. The number of nitrogens with zero attached hydrogens (tertiary/aromatic N) is 2. The van der Waals surface area contributed by atoms with Crippen LogP contribution in [0.3, 0.4) is 0 Å². The monoisotopic (exact) mass is 298 g/mol. The van der Waals surface area contributed by atoms with Gasteiger partial charge in [-0.15, -0.1) is 0 Å². The Labute approximate surface area is 113 Å². The van der Waals surface area contributed by atoms with Gasteiger partial charge in [0, 0.05) is 0 Å². The topological polar surface area (TPSA) is 52.2 Å². The minimum absolute atomic E-state index is 0.139. The minimum Gasteiger partial charge on any atom is -0.461 e. The van der Waals surface area contributed by atoms with Gasteiger partial charge >= 0.3 is 13.2 Å². The number of ether oxygens (including phenoxy) is 1. The van der Waals surface area contributed by atoms with Crippen LogP contribution >= 0.6 is 0 Å². The molecule has 0 saturated carbocycles. The molecule has 1 aromatic heterocycles. The van der Waals surface area contributed by atoms with Gasteiger partial charge in [0.1, 0.15) is 37.7 Å². The molecular formula is C10H15BF4N2O3. The summed E-state index contributed by atoms with van der Waals surface area (Å²) in [4.78, 5) is 21.6. The van der Waals surface area contributed by atoms with Crippen LogP contribution in [0, 0.1) is 0 Å². The summed E-state index contributed by atoms with van der Waals surface area (Å²) in [6.07, 6.45) is 5.54. The predicted octanol–water partition coefficient (Wildman–Crippen LogP) is 1.13. The van der Waals surface area contributed by atoms with Crippen LogP contribution in [0.1, 0.15) is 13.3 Å². The summed E-state index contributed by atoms with van der Waals surface area (Å²) in [7, 11) is -4.09. The number of Topliss-reactive ketones (excluding diaryl/α,β-unsaturated/α-hetero) is 1. The first-order valence-electron chi connectivity index (χ1n) is 5.61. The number of halogens is 4. The number of esters is 1. The Balaban J connectivity index is 0.000000621. The van der Waals surface area contributed by atoms with Crippen LogP contribution in [0.2, 0.25) is 0 Å². The normalized spacial score (nSPS) is 10.5. The summed E-state index contributed by atoms with van der Waals surface area (Å²) in [6, 6.07) is 0. The van der Waals surface area contributed by atoms with Crippen LogP contribution in [0.4, 0.5) is 17.3 Å². The Morgan fingerprint density at radius 2 is 1.85 bits per heavy atom. The molecule has 5 nitrogen and oxygen atoms in total. The van der Waals surface area contributed by atoms with Crippen LogP contribution in [0.5, 0.6) is 0 Å². The lowest BCUT2D eigenvalue weighted by molar-refractivity contribution is -0.671. The highest BCUT2D eigenvalue weighted by Gasteiger charge is 2.20. The molecule has 10 heteroatoms. The molecule has 0 aliphatic rings. The maximum atomic E-state index is 11.0. The summed E-state index contributed by atoms with van der Waals surface area (Å²) in [6.45, 7) is 2.26. The molecule has 114 valence electrons. The van der Waals surface area contributed by atoms with Crippen LogP contribution in [-0.2, 0) is 27.9 Å². The molecule has 0 bridgehead atoms. The van der Waals surface area contributed by atoms with Gasteiger partial charge in [-0.05, 0) is 6.92 Å². The second kappa shape index (κ2) is 8.33. The van der Waals surface area contributed by atoms with Gasteiger partial charge in [0.2, 0.25) is 6.33 Å². The fourth-order valence-corrected chi connectivity index (χ4v) is 1.15. The number of carbonyl (C=O) groups excluding carboxylic acids is 2. The first-order valence-corrected chi connectivity index (χ1v) is 5.61. The molecule has 0 radical (unpaired) electrons. The molecule has 0 spiro atoms. The Hall–Kier alpha value is -1.87. The average Bonchev–Trinajstić information content (AvgIpc) is 2.60. The van der Waals surface area contributed by atoms with Crippen molar-refractivity contribution >= 4 is 19.0 Å². The Morgan fingerprint density at radius 1 is 1.30 bits per heavy atom. The first kappa shape index (κ1) is 18.1. The lowest BCUT2D eigenvalue weighted by Gasteiger charge is -2.00. The van der Waals surface area contributed by atoms with Crippen molar-refractivity contribution < 1.29 is 36.2 Å². The molecule has 0 amide bonds.